The lowest BCUT2D eigenvalue weighted by atomic mass is 10.2. The topological polar surface area (TPSA) is 55.4 Å². The SMILES string of the molecule is C#CCOC(=O)NC(=O)c1ccccc1. The molecule has 1 aromatic carbocycles. The molecule has 76 valence electrons. The molecule has 0 saturated carbocycles. The van der Waals surface area contributed by atoms with Gasteiger partial charge < -0.3 is 4.74 Å². The smallest absolute Gasteiger partial charge is 0.415 e. The third kappa shape index (κ3) is 3.53. The van der Waals surface area contributed by atoms with Crippen molar-refractivity contribution in [3.05, 3.63) is 35.9 Å². The van der Waals surface area contributed by atoms with Crippen molar-refractivity contribution in [3.63, 3.8) is 0 Å². The van der Waals surface area contributed by atoms with Gasteiger partial charge in [-0.3, -0.25) is 10.1 Å². The number of terminal acetylenes is 1. The van der Waals surface area contributed by atoms with Gasteiger partial charge >= 0.3 is 6.09 Å². The lowest BCUT2D eigenvalue weighted by Gasteiger charge is -2.02. The van der Waals surface area contributed by atoms with Crippen LogP contribution in [0.4, 0.5) is 4.79 Å². The largest absolute Gasteiger partial charge is 0.436 e. The Morgan fingerprint density at radius 3 is 2.60 bits per heavy atom. The summed E-state index contributed by atoms with van der Waals surface area (Å²) in [7, 11) is 0. The van der Waals surface area contributed by atoms with Crippen LogP contribution in [0, 0.1) is 12.3 Å². The van der Waals surface area contributed by atoms with Gasteiger partial charge in [-0.05, 0) is 12.1 Å². The molecule has 0 radical (unpaired) electrons. The fourth-order valence-corrected chi connectivity index (χ4v) is 0.898. The molecule has 0 saturated heterocycles. The van der Waals surface area contributed by atoms with E-state index in [-0.39, 0.29) is 6.61 Å². The Balaban J connectivity index is 2.50. The highest BCUT2D eigenvalue weighted by Gasteiger charge is 2.09. The van der Waals surface area contributed by atoms with Crippen LogP contribution in [-0.2, 0) is 4.74 Å². The average Bonchev–Trinajstić information content (AvgIpc) is 2.27. The summed E-state index contributed by atoms with van der Waals surface area (Å²) in [6, 6.07) is 8.34. The van der Waals surface area contributed by atoms with Crippen LogP contribution in [0.2, 0.25) is 0 Å². The van der Waals surface area contributed by atoms with Gasteiger partial charge in [0.2, 0.25) is 0 Å². The molecule has 0 heterocycles. The van der Waals surface area contributed by atoms with Crippen LogP contribution in [0.25, 0.3) is 0 Å². The molecule has 4 nitrogen and oxygen atoms in total. The number of hydrogen-bond donors (Lipinski definition) is 1. The lowest BCUT2D eigenvalue weighted by molar-refractivity contribution is 0.0930. The number of rotatable bonds is 2. The first-order valence-electron chi connectivity index (χ1n) is 4.20. The first-order valence-corrected chi connectivity index (χ1v) is 4.20. The zero-order valence-corrected chi connectivity index (χ0v) is 7.90. The molecule has 0 spiro atoms. The second-order valence-electron chi connectivity index (χ2n) is 2.60. The van der Waals surface area contributed by atoms with Gasteiger partial charge in [0, 0.05) is 5.56 Å². The maximum absolute atomic E-state index is 11.4. The number of amides is 2. The van der Waals surface area contributed by atoms with E-state index in [4.69, 9.17) is 6.42 Å². The highest BCUT2D eigenvalue weighted by atomic mass is 16.5. The Kier molecular flexibility index (Phi) is 3.92. The minimum Gasteiger partial charge on any atom is -0.436 e. The highest BCUT2D eigenvalue weighted by Crippen LogP contribution is 1.97. The maximum atomic E-state index is 11.4. The van der Waals surface area contributed by atoms with E-state index in [1.54, 1.807) is 30.3 Å². The molecule has 1 aromatic rings. The molecule has 0 aromatic heterocycles. The fourth-order valence-electron chi connectivity index (χ4n) is 0.898. The molecule has 4 heteroatoms. The number of carbonyl (C=O) groups is 2. The van der Waals surface area contributed by atoms with E-state index in [1.165, 1.54) is 0 Å². The van der Waals surface area contributed by atoms with Crippen molar-refractivity contribution < 1.29 is 14.3 Å². The maximum Gasteiger partial charge on any atom is 0.415 e. The number of hydrogen-bond acceptors (Lipinski definition) is 3. The molecule has 1 N–H and O–H groups in total. The molecule has 0 unspecified atom stereocenters. The van der Waals surface area contributed by atoms with E-state index in [0.29, 0.717) is 5.56 Å². The predicted molar refractivity (Wildman–Crippen MR) is 54.1 cm³/mol. The van der Waals surface area contributed by atoms with Crippen molar-refractivity contribution in [2.75, 3.05) is 6.61 Å². The Hall–Kier alpha value is -2.28. The normalized spacial score (nSPS) is 8.73. The first-order chi connectivity index (χ1) is 7.24. The first kappa shape index (κ1) is 10.8. The van der Waals surface area contributed by atoms with E-state index >= 15 is 0 Å². The van der Waals surface area contributed by atoms with Crippen LogP contribution in [-0.4, -0.2) is 18.6 Å². The number of alkyl carbamates (subject to hydrolysis) is 1. The van der Waals surface area contributed by atoms with Crippen LogP contribution >= 0.6 is 0 Å². The summed E-state index contributed by atoms with van der Waals surface area (Å²) in [4.78, 5) is 22.3. The van der Waals surface area contributed by atoms with Crippen LogP contribution in [0.15, 0.2) is 30.3 Å². The number of carbonyl (C=O) groups excluding carboxylic acids is 2. The van der Waals surface area contributed by atoms with Gasteiger partial charge in [-0.15, -0.1) is 6.42 Å². The molecule has 0 atom stereocenters. The van der Waals surface area contributed by atoms with Gasteiger partial charge in [-0.2, -0.15) is 0 Å². The number of nitrogens with one attached hydrogen (secondary N) is 1. The van der Waals surface area contributed by atoms with Crippen molar-refractivity contribution >= 4 is 12.0 Å². The van der Waals surface area contributed by atoms with E-state index in [2.05, 4.69) is 10.7 Å². The monoisotopic (exact) mass is 203 g/mol. The van der Waals surface area contributed by atoms with E-state index in [1.807, 2.05) is 5.32 Å². The molecular formula is C11H9NO3. The Morgan fingerprint density at radius 2 is 2.00 bits per heavy atom. The van der Waals surface area contributed by atoms with Gasteiger partial charge in [0.05, 0.1) is 0 Å². The fraction of sp³-hybridized carbons (Fsp3) is 0.0909. The highest BCUT2D eigenvalue weighted by molar-refractivity contribution is 6.02. The van der Waals surface area contributed by atoms with Crippen molar-refractivity contribution in [1.82, 2.24) is 5.32 Å². The second-order valence-corrected chi connectivity index (χ2v) is 2.60. The average molecular weight is 203 g/mol. The van der Waals surface area contributed by atoms with Crippen LogP contribution < -0.4 is 5.32 Å². The molecular weight excluding hydrogens is 194 g/mol. The number of ether oxygens (including phenoxy) is 1. The third-order valence-corrected chi connectivity index (χ3v) is 1.54. The second kappa shape index (κ2) is 5.45. The molecule has 15 heavy (non-hydrogen) atoms. The molecule has 0 aliphatic carbocycles. The number of imide groups is 1. The van der Waals surface area contributed by atoms with Gasteiger partial charge in [-0.1, -0.05) is 24.1 Å². The molecule has 0 bridgehead atoms. The quantitative estimate of drug-likeness (QED) is 0.734. The van der Waals surface area contributed by atoms with Crippen LogP contribution in [0.3, 0.4) is 0 Å². The van der Waals surface area contributed by atoms with Crippen molar-refractivity contribution in [2.24, 2.45) is 0 Å². The van der Waals surface area contributed by atoms with Crippen LogP contribution in [0.5, 0.6) is 0 Å². The van der Waals surface area contributed by atoms with Gasteiger partial charge in [0.25, 0.3) is 5.91 Å². The van der Waals surface area contributed by atoms with E-state index in [9.17, 15) is 9.59 Å². The molecule has 2 amide bonds. The van der Waals surface area contributed by atoms with Crippen LogP contribution in [0.1, 0.15) is 10.4 Å². The summed E-state index contributed by atoms with van der Waals surface area (Å²) in [5.74, 6) is 1.60. The molecule has 0 fully saturated rings. The molecule has 0 aliphatic heterocycles. The lowest BCUT2D eigenvalue weighted by Crippen LogP contribution is -2.31. The summed E-state index contributed by atoms with van der Waals surface area (Å²) in [6.07, 6.45) is 4.03. The third-order valence-electron chi connectivity index (χ3n) is 1.54. The predicted octanol–water partition coefficient (Wildman–Crippen LogP) is 1.19. The van der Waals surface area contributed by atoms with Gasteiger partial charge in [0.1, 0.15) is 0 Å². The Morgan fingerprint density at radius 1 is 1.33 bits per heavy atom. The zero-order chi connectivity index (χ0) is 11.1. The van der Waals surface area contributed by atoms with Crippen molar-refractivity contribution in [1.29, 1.82) is 0 Å². The minimum atomic E-state index is -0.846. The molecule has 0 aliphatic rings. The Bertz CT molecular complexity index is 392. The van der Waals surface area contributed by atoms with Gasteiger partial charge in [0.15, 0.2) is 6.61 Å². The van der Waals surface area contributed by atoms with Crippen molar-refractivity contribution in [3.8, 4) is 12.3 Å². The zero-order valence-electron chi connectivity index (χ0n) is 7.90. The Labute approximate surface area is 87.2 Å². The van der Waals surface area contributed by atoms with E-state index in [0.717, 1.165) is 0 Å². The standard InChI is InChI=1S/C11H9NO3/c1-2-8-15-11(14)12-10(13)9-6-4-3-5-7-9/h1,3-7H,8H2,(H,12,13,14). The number of benzene rings is 1. The summed E-state index contributed by atoms with van der Waals surface area (Å²) in [5.41, 5.74) is 0.384. The summed E-state index contributed by atoms with van der Waals surface area (Å²) in [6.45, 7) is -0.159. The summed E-state index contributed by atoms with van der Waals surface area (Å²) < 4.78 is 4.48. The summed E-state index contributed by atoms with van der Waals surface area (Å²) in [5, 5.41) is 2.04. The van der Waals surface area contributed by atoms with Gasteiger partial charge in [-0.25, -0.2) is 4.79 Å². The molecule has 1 rings (SSSR count). The minimum absolute atomic E-state index is 0.159. The van der Waals surface area contributed by atoms with Crippen molar-refractivity contribution in [2.45, 2.75) is 0 Å². The summed E-state index contributed by atoms with van der Waals surface area (Å²) >= 11 is 0. The van der Waals surface area contributed by atoms with E-state index < -0.39 is 12.0 Å².